The average molecular weight is 272 g/mol. The first-order valence-electron chi connectivity index (χ1n) is 7.79. The van der Waals surface area contributed by atoms with E-state index in [1.807, 2.05) is 0 Å². The van der Waals surface area contributed by atoms with Gasteiger partial charge in [0, 0.05) is 6.61 Å². The van der Waals surface area contributed by atoms with Crippen LogP contribution in [0.5, 0.6) is 0 Å². The molecule has 0 saturated heterocycles. The Morgan fingerprint density at radius 3 is 1.84 bits per heavy atom. The van der Waals surface area contributed by atoms with Crippen LogP contribution in [0.3, 0.4) is 0 Å². The van der Waals surface area contributed by atoms with Crippen LogP contribution in [0.1, 0.15) is 58.3 Å². The molecule has 0 aliphatic heterocycles. The van der Waals surface area contributed by atoms with E-state index in [-0.39, 0.29) is 0 Å². The van der Waals surface area contributed by atoms with Crippen LogP contribution < -0.4 is 0 Å². The average Bonchev–Trinajstić information content (AvgIpc) is 2.43. The summed E-state index contributed by atoms with van der Waals surface area (Å²) < 4.78 is 15.8. The Bertz CT molecular complexity index is 171. The summed E-state index contributed by atoms with van der Waals surface area (Å²) in [5.74, 6) is 0. The lowest BCUT2D eigenvalue weighted by molar-refractivity contribution is 0.0296. The monoisotopic (exact) mass is 272 g/mol. The van der Waals surface area contributed by atoms with Crippen LogP contribution in [-0.2, 0) is 14.2 Å². The van der Waals surface area contributed by atoms with Gasteiger partial charge in [0.2, 0.25) is 0 Å². The molecule has 0 aliphatic rings. The lowest BCUT2D eigenvalue weighted by Gasteiger charge is -2.06. The number of rotatable bonds is 16. The van der Waals surface area contributed by atoms with Crippen LogP contribution in [0.2, 0.25) is 0 Å². The van der Waals surface area contributed by atoms with E-state index in [9.17, 15) is 0 Å². The molecule has 0 saturated carbocycles. The zero-order valence-corrected chi connectivity index (χ0v) is 12.7. The van der Waals surface area contributed by atoms with Gasteiger partial charge in [-0.3, -0.25) is 0 Å². The standard InChI is InChI=1S/C16H32O3/c1-3-5-6-7-8-9-10-11-12-18-15-16-19-14-13-17-4-2/h4H,2-3,5-16H2,1H3. The molecule has 0 spiro atoms. The van der Waals surface area contributed by atoms with Crippen LogP contribution >= 0.6 is 0 Å². The van der Waals surface area contributed by atoms with Gasteiger partial charge in [0.25, 0.3) is 0 Å². The summed E-state index contributed by atoms with van der Waals surface area (Å²) in [6, 6.07) is 0. The third-order valence-corrected chi connectivity index (χ3v) is 2.98. The maximum Gasteiger partial charge on any atom is 0.111 e. The van der Waals surface area contributed by atoms with E-state index in [1.54, 1.807) is 0 Å². The molecule has 0 rings (SSSR count). The minimum atomic E-state index is 0.571. The van der Waals surface area contributed by atoms with Crippen molar-refractivity contribution in [1.29, 1.82) is 0 Å². The third kappa shape index (κ3) is 17.5. The molecule has 114 valence electrons. The van der Waals surface area contributed by atoms with E-state index in [4.69, 9.17) is 14.2 Å². The first-order chi connectivity index (χ1) is 9.41. The van der Waals surface area contributed by atoms with Crippen LogP contribution in [0.25, 0.3) is 0 Å². The molecule has 0 aromatic rings. The fraction of sp³-hybridized carbons (Fsp3) is 0.875. The molecule has 0 aromatic heterocycles. The van der Waals surface area contributed by atoms with Gasteiger partial charge in [-0.2, -0.15) is 0 Å². The van der Waals surface area contributed by atoms with E-state index in [1.165, 1.54) is 57.6 Å². The van der Waals surface area contributed by atoms with E-state index in [0.29, 0.717) is 26.4 Å². The van der Waals surface area contributed by atoms with Crippen molar-refractivity contribution in [3.8, 4) is 0 Å². The maximum atomic E-state index is 5.50. The van der Waals surface area contributed by atoms with Crippen LogP contribution in [-0.4, -0.2) is 33.0 Å². The van der Waals surface area contributed by atoms with Gasteiger partial charge >= 0.3 is 0 Å². The highest BCUT2D eigenvalue weighted by Gasteiger charge is 1.93. The van der Waals surface area contributed by atoms with Gasteiger partial charge in [0.1, 0.15) is 6.61 Å². The molecule has 0 unspecified atom stereocenters. The van der Waals surface area contributed by atoms with Crippen molar-refractivity contribution in [2.24, 2.45) is 0 Å². The van der Waals surface area contributed by atoms with Gasteiger partial charge in [-0.15, -0.1) is 0 Å². The largest absolute Gasteiger partial charge is 0.499 e. The molecule has 0 amide bonds. The maximum absolute atomic E-state index is 5.50. The molecule has 0 aliphatic carbocycles. The molecule has 0 bridgehead atoms. The smallest absolute Gasteiger partial charge is 0.111 e. The summed E-state index contributed by atoms with van der Waals surface area (Å²) in [5.41, 5.74) is 0. The zero-order valence-electron chi connectivity index (χ0n) is 12.7. The summed E-state index contributed by atoms with van der Waals surface area (Å²) in [5, 5.41) is 0. The Morgan fingerprint density at radius 1 is 0.684 bits per heavy atom. The quantitative estimate of drug-likeness (QED) is 0.309. The molecule has 0 atom stereocenters. The Balaban J connectivity index is 2.89. The van der Waals surface area contributed by atoms with Gasteiger partial charge < -0.3 is 14.2 Å². The Hall–Kier alpha value is -0.540. The predicted octanol–water partition coefficient (Wildman–Crippen LogP) is 4.32. The molecule has 0 N–H and O–H groups in total. The number of hydrogen-bond acceptors (Lipinski definition) is 3. The summed E-state index contributed by atoms with van der Waals surface area (Å²) in [4.78, 5) is 0. The van der Waals surface area contributed by atoms with E-state index in [0.717, 1.165) is 6.61 Å². The first-order valence-corrected chi connectivity index (χ1v) is 7.79. The van der Waals surface area contributed by atoms with Crippen molar-refractivity contribution < 1.29 is 14.2 Å². The van der Waals surface area contributed by atoms with Gasteiger partial charge in [0.05, 0.1) is 26.1 Å². The predicted molar refractivity (Wildman–Crippen MR) is 80.4 cm³/mol. The summed E-state index contributed by atoms with van der Waals surface area (Å²) in [7, 11) is 0. The Morgan fingerprint density at radius 2 is 1.21 bits per heavy atom. The molecular weight excluding hydrogens is 240 g/mol. The van der Waals surface area contributed by atoms with E-state index < -0.39 is 0 Å². The topological polar surface area (TPSA) is 27.7 Å². The second-order valence-electron chi connectivity index (χ2n) is 4.74. The van der Waals surface area contributed by atoms with Crippen LogP contribution in [0, 0.1) is 0 Å². The number of unbranched alkanes of at least 4 members (excludes halogenated alkanes) is 7. The normalized spacial score (nSPS) is 10.6. The van der Waals surface area contributed by atoms with Gasteiger partial charge in [-0.25, -0.2) is 0 Å². The summed E-state index contributed by atoms with van der Waals surface area (Å²) >= 11 is 0. The second kappa shape index (κ2) is 17.5. The fourth-order valence-corrected chi connectivity index (χ4v) is 1.85. The SMILES string of the molecule is C=COCCOCCOCCCCCCCCCC. The van der Waals surface area contributed by atoms with E-state index >= 15 is 0 Å². The van der Waals surface area contributed by atoms with Crippen molar-refractivity contribution in [3.05, 3.63) is 12.8 Å². The number of ether oxygens (including phenoxy) is 3. The van der Waals surface area contributed by atoms with Crippen molar-refractivity contribution in [1.82, 2.24) is 0 Å². The molecule has 19 heavy (non-hydrogen) atoms. The molecule has 3 heteroatoms. The molecule has 3 nitrogen and oxygen atoms in total. The molecule has 0 fully saturated rings. The Labute approximate surface area is 119 Å². The highest BCUT2D eigenvalue weighted by Crippen LogP contribution is 2.08. The van der Waals surface area contributed by atoms with Gasteiger partial charge in [-0.05, 0) is 6.42 Å². The van der Waals surface area contributed by atoms with Crippen molar-refractivity contribution in [3.63, 3.8) is 0 Å². The van der Waals surface area contributed by atoms with Gasteiger partial charge in [0.15, 0.2) is 0 Å². The third-order valence-electron chi connectivity index (χ3n) is 2.98. The van der Waals surface area contributed by atoms with Crippen LogP contribution in [0.15, 0.2) is 12.8 Å². The lowest BCUT2D eigenvalue weighted by Crippen LogP contribution is -2.08. The Kier molecular flexibility index (Phi) is 17.0. The molecule has 0 radical (unpaired) electrons. The minimum absolute atomic E-state index is 0.571. The summed E-state index contributed by atoms with van der Waals surface area (Å²) in [6.45, 7) is 9.09. The number of hydrogen-bond donors (Lipinski definition) is 0. The zero-order chi connectivity index (χ0) is 14.0. The second-order valence-corrected chi connectivity index (χ2v) is 4.74. The van der Waals surface area contributed by atoms with Crippen molar-refractivity contribution in [2.75, 3.05) is 33.0 Å². The van der Waals surface area contributed by atoms with Crippen LogP contribution in [0.4, 0.5) is 0 Å². The minimum Gasteiger partial charge on any atom is -0.499 e. The molecule has 0 heterocycles. The lowest BCUT2D eigenvalue weighted by atomic mass is 10.1. The molecule has 0 aromatic carbocycles. The van der Waals surface area contributed by atoms with Crippen molar-refractivity contribution >= 4 is 0 Å². The fourth-order valence-electron chi connectivity index (χ4n) is 1.85. The highest BCUT2D eigenvalue weighted by atomic mass is 16.5. The first kappa shape index (κ1) is 18.5. The van der Waals surface area contributed by atoms with Crippen molar-refractivity contribution in [2.45, 2.75) is 58.3 Å². The highest BCUT2D eigenvalue weighted by molar-refractivity contribution is 4.48. The van der Waals surface area contributed by atoms with Gasteiger partial charge in [-0.1, -0.05) is 58.4 Å². The summed E-state index contributed by atoms with van der Waals surface area (Å²) in [6.07, 6.45) is 12.1. The molecular formula is C16H32O3. The van der Waals surface area contributed by atoms with E-state index in [2.05, 4.69) is 13.5 Å².